The second-order valence-corrected chi connectivity index (χ2v) is 6.44. The lowest BCUT2D eigenvalue weighted by molar-refractivity contribution is 0.0320. The highest BCUT2D eigenvalue weighted by Gasteiger charge is 2.15. The van der Waals surface area contributed by atoms with Crippen LogP contribution in [-0.4, -0.2) is 41.9 Å². The summed E-state index contributed by atoms with van der Waals surface area (Å²) in [6.45, 7) is 0.524. The Morgan fingerprint density at radius 1 is 1.20 bits per heavy atom. The lowest BCUT2D eigenvalue weighted by Crippen LogP contribution is -2.36. The summed E-state index contributed by atoms with van der Waals surface area (Å²) in [5.74, 6) is 0.344. The third-order valence-electron chi connectivity index (χ3n) is 2.75. The topological polar surface area (TPSA) is 64.6 Å². The summed E-state index contributed by atoms with van der Waals surface area (Å²) in [6.07, 6.45) is -0.298. The number of alkyl halides is 1. The van der Waals surface area contributed by atoms with Gasteiger partial charge in [-0.1, -0.05) is 24.3 Å². The molecule has 0 radical (unpaired) electrons. The maximum atomic E-state index is 11.9. The van der Waals surface area contributed by atoms with E-state index in [1.807, 2.05) is 12.1 Å². The van der Waals surface area contributed by atoms with Crippen LogP contribution in [0.4, 0.5) is 0 Å². The van der Waals surface area contributed by atoms with E-state index in [1.54, 1.807) is 19.2 Å². The molecule has 0 aliphatic carbocycles. The fourth-order valence-corrected chi connectivity index (χ4v) is 2.96. The Labute approximate surface area is 125 Å². The summed E-state index contributed by atoms with van der Waals surface area (Å²) in [7, 11) is -0.339. The molecule has 1 unspecified atom stereocenters. The maximum absolute atomic E-state index is 11.9. The van der Waals surface area contributed by atoms with Crippen molar-refractivity contribution in [2.75, 3.05) is 27.4 Å². The number of benzene rings is 1. The number of hydrogen-bond acceptors (Lipinski definition) is 4. The highest BCUT2D eigenvalue weighted by atomic mass is 35.5. The molecule has 7 heteroatoms. The van der Waals surface area contributed by atoms with Crippen LogP contribution in [0.25, 0.3) is 0 Å². The fraction of sp³-hybridized carbons (Fsp3) is 0.538. The molecule has 1 N–H and O–H groups in total. The first kappa shape index (κ1) is 17.4. The van der Waals surface area contributed by atoms with E-state index >= 15 is 0 Å². The van der Waals surface area contributed by atoms with Crippen LogP contribution in [0.2, 0.25) is 0 Å². The lowest BCUT2D eigenvalue weighted by Gasteiger charge is -2.15. The predicted octanol–water partition coefficient (Wildman–Crippen LogP) is 1.51. The number of nitrogens with one attached hydrogen (secondary N) is 1. The van der Waals surface area contributed by atoms with Crippen LogP contribution in [0.3, 0.4) is 0 Å². The van der Waals surface area contributed by atoms with Crippen molar-refractivity contribution < 1.29 is 17.9 Å². The van der Waals surface area contributed by atoms with Crippen LogP contribution in [0.1, 0.15) is 11.1 Å². The van der Waals surface area contributed by atoms with Gasteiger partial charge in [-0.2, -0.15) is 0 Å². The molecular formula is C13H20ClNO4S. The molecule has 1 aromatic carbocycles. The normalized spacial score (nSPS) is 13.3. The Bertz CT molecular complexity index is 490. The van der Waals surface area contributed by atoms with Crippen LogP contribution in [0.15, 0.2) is 24.3 Å². The van der Waals surface area contributed by atoms with Gasteiger partial charge in [-0.15, -0.1) is 11.6 Å². The molecule has 0 saturated carbocycles. The van der Waals surface area contributed by atoms with E-state index in [1.165, 1.54) is 7.11 Å². The van der Waals surface area contributed by atoms with Crippen molar-refractivity contribution in [1.29, 1.82) is 0 Å². The van der Waals surface area contributed by atoms with E-state index in [0.29, 0.717) is 18.1 Å². The molecule has 0 aliphatic rings. The first-order chi connectivity index (χ1) is 9.50. The monoisotopic (exact) mass is 321 g/mol. The summed E-state index contributed by atoms with van der Waals surface area (Å²) in [6, 6.07) is 7.17. The summed E-state index contributed by atoms with van der Waals surface area (Å²) >= 11 is 5.69. The largest absolute Gasteiger partial charge is 0.382 e. The van der Waals surface area contributed by atoms with E-state index in [0.717, 1.165) is 5.56 Å². The van der Waals surface area contributed by atoms with E-state index in [4.69, 9.17) is 21.1 Å². The van der Waals surface area contributed by atoms with Crippen molar-refractivity contribution in [3.8, 4) is 0 Å². The highest BCUT2D eigenvalue weighted by molar-refractivity contribution is 7.88. The van der Waals surface area contributed by atoms with Gasteiger partial charge < -0.3 is 9.47 Å². The minimum Gasteiger partial charge on any atom is -0.382 e. The minimum atomic E-state index is -3.40. The molecule has 1 rings (SSSR count). The van der Waals surface area contributed by atoms with E-state index in [9.17, 15) is 8.42 Å². The molecule has 20 heavy (non-hydrogen) atoms. The SMILES string of the molecule is COCC(CNS(=O)(=O)Cc1ccc(CCl)cc1)OC. The van der Waals surface area contributed by atoms with Crippen LogP contribution in [0, 0.1) is 0 Å². The molecule has 0 saturated heterocycles. The van der Waals surface area contributed by atoms with Crippen molar-refractivity contribution >= 4 is 21.6 Å². The van der Waals surface area contributed by atoms with E-state index in [-0.39, 0.29) is 18.4 Å². The minimum absolute atomic E-state index is 0.0705. The van der Waals surface area contributed by atoms with Crippen molar-refractivity contribution in [3.05, 3.63) is 35.4 Å². The second kappa shape index (κ2) is 8.59. The van der Waals surface area contributed by atoms with Gasteiger partial charge in [0.1, 0.15) is 0 Å². The van der Waals surface area contributed by atoms with E-state index in [2.05, 4.69) is 4.72 Å². The molecule has 0 spiro atoms. The van der Waals surface area contributed by atoms with Gasteiger partial charge in [-0.05, 0) is 11.1 Å². The number of rotatable bonds is 9. The Hall–Kier alpha value is -0.660. The van der Waals surface area contributed by atoms with Crippen LogP contribution >= 0.6 is 11.6 Å². The number of ether oxygens (including phenoxy) is 2. The summed E-state index contributed by atoms with van der Waals surface area (Å²) in [4.78, 5) is 0. The quantitative estimate of drug-likeness (QED) is 0.700. The standard InChI is InChI=1S/C13H20ClNO4S/c1-18-9-13(19-2)8-15-20(16,17)10-12-5-3-11(7-14)4-6-12/h3-6,13,15H,7-10H2,1-2H3. The third-order valence-corrected chi connectivity index (χ3v) is 4.38. The number of sulfonamides is 1. The predicted molar refractivity (Wildman–Crippen MR) is 79.3 cm³/mol. The molecule has 0 heterocycles. The van der Waals surface area contributed by atoms with Gasteiger partial charge in [0.2, 0.25) is 10.0 Å². The Kier molecular flexibility index (Phi) is 7.47. The molecule has 0 aromatic heterocycles. The van der Waals surface area contributed by atoms with Crippen molar-refractivity contribution in [3.63, 3.8) is 0 Å². The first-order valence-electron chi connectivity index (χ1n) is 6.13. The van der Waals surface area contributed by atoms with Gasteiger partial charge in [0, 0.05) is 26.6 Å². The maximum Gasteiger partial charge on any atom is 0.215 e. The molecule has 0 amide bonds. The Balaban J connectivity index is 2.55. The molecule has 0 bridgehead atoms. The van der Waals surface area contributed by atoms with Crippen molar-refractivity contribution in [1.82, 2.24) is 4.72 Å². The zero-order valence-electron chi connectivity index (χ0n) is 11.6. The van der Waals surface area contributed by atoms with Crippen molar-refractivity contribution in [2.24, 2.45) is 0 Å². The number of halogens is 1. The highest BCUT2D eigenvalue weighted by Crippen LogP contribution is 2.09. The van der Waals surface area contributed by atoms with Gasteiger partial charge in [0.25, 0.3) is 0 Å². The van der Waals surface area contributed by atoms with Gasteiger partial charge >= 0.3 is 0 Å². The summed E-state index contributed by atoms with van der Waals surface area (Å²) in [5.41, 5.74) is 1.67. The van der Waals surface area contributed by atoms with Crippen LogP contribution in [-0.2, 0) is 31.1 Å². The van der Waals surface area contributed by atoms with Gasteiger partial charge in [-0.25, -0.2) is 13.1 Å². The summed E-state index contributed by atoms with van der Waals surface area (Å²) in [5, 5.41) is 0. The molecule has 0 fully saturated rings. The molecule has 1 atom stereocenters. The average molecular weight is 322 g/mol. The smallest absolute Gasteiger partial charge is 0.215 e. The molecule has 5 nitrogen and oxygen atoms in total. The van der Waals surface area contributed by atoms with Crippen molar-refractivity contribution in [2.45, 2.75) is 17.7 Å². The molecular weight excluding hydrogens is 302 g/mol. The van der Waals surface area contributed by atoms with Gasteiger partial charge in [0.05, 0.1) is 18.5 Å². The summed E-state index contributed by atoms with van der Waals surface area (Å²) < 4.78 is 36.4. The fourth-order valence-electron chi connectivity index (χ4n) is 1.61. The van der Waals surface area contributed by atoms with Crippen LogP contribution in [0.5, 0.6) is 0 Å². The molecule has 1 aromatic rings. The van der Waals surface area contributed by atoms with Crippen LogP contribution < -0.4 is 4.72 Å². The number of hydrogen-bond donors (Lipinski definition) is 1. The Morgan fingerprint density at radius 3 is 2.30 bits per heavy atom. The first-order valence-corrected chi connectivity index (χ1v) is 8.32. The third kappa shape index (κ3) is 6.19. The zero-order valence-corrected chi connectivity index (χ0v) is 13.2. The zero-order chi connectivity index (χ0) is 15.0. The second-order valence-electron chi connectivity index (χ2n) is 4.37. The lowest BCUT2D eigenvalue weighted by atomic mass is 10.2. The Morgan fingerprint density at radius 2 is 1.80 bits per heavy atom. The molecule has 0 aliphatic heterocycles. The van der Waals surface area contributed by atoms with E-state index < -0.39 is 10.0 Å². The molecule has 114 valence electrons. The average Bonchev–Trinajstić information content (AvgIpc) is 2.44. The number of methoxy groups -OCH3 is 2. The van der Waals surface area contributed by atoms with Gasteiger partial charge in [0.15, 0.2) is 0 Å². The van der Waals surface area contributed by atoms with Gasteiger partial charge in [-0.3, -0.25) is 0 Å².